The van der Waals surface area contributed by atoms with Gasteiger partial charge in [0.15, 0.2) is 0 Å². The van der Waals surface area contributed by atoms with Crippen molar-refractivity contribution in [3.8, 4) is 0 Å². The number of nitrogens with zero attached hydrogens (tertiary/aromatic N) is 5. The zero-order valence-electron chi connectivity index (χ0n) is 26.8. The average Bonchev–Trinajstić information content (AvgIpc) is 3.85. The maximum Gasteiger partial charge on any atom is 0.127 e. The number of hydrogen-bond donors (Lipinski definition) is 0. The van der Waals surface area contributed by atoms with Gasteiger partial charge in [-0.2, -0.15) is 0 Å². The van der Waals surface area contributed by atoms with Gasteiger partial charge in [0.25, 0.3) is 0 Å². The molecule has 3 saturated carbocycles. The second-order valence-corrected chi connectivity index (χ2v) is 28.3. The Morgan fingerprint density at radius 3 is 1.77 bits per heavy atom. The Morgan fingerprint density at radius 1 is 0.744 bits per heavy atom. The topological polar surface area (TPSA) is 66.5 Å². The maximum absolute atomic E-state index is 5.76. The van der Waals surface area contributed by atoms with Gasteiger partial charge in [-0.05, 0) is 82.5 Å². The molecule has 0 atom stereocenters. The zero-order valence-corrected chi connectivity index (χ0v) is 33.6. The van der Waals surface area contributed by atoms with E-state index in [0.717, 1.165) is 34.8 Å². The fraction of sp³-hybridized carbons (Fsp3) is 0.710. The highest BCUT2D eigenvalue weighted by Crippen LogP contribution is 2.44. The number of ether oxygens (including phenoxy) is 2. The Labute approximate surface area is 286 Å². The average molecular weight is 821 g/mol. The molecule has 0 aromatic carbocycles. The molecule has 3 aliphatic carbocycles. The first-order valence-corrected chi connectivity index (χ1v) is 25.6. The van der Waals surface area contributed by atoms with Crippen LogP contribution in [0.4, 0.5) is 0 Å². The highest BCUT2D eigenvalue weighted by Gasteiger charge is 2.30. The Bertz CT molecular complexity index is 1250. The molecule has 43 heavy (non-hydrogen) atoms. The van der Waals surface area contributed by atoms with E-state index in [9.17, 15) is 0 Å². The molecule has 0 amide bonds. The van der Waals surface area contributed by atoms with Gasteiger partial charge in [-0.25, -0.2) is 9.97 Å². The van der Waals surface area contributed by atoms with Crippen LogP contribution < -0.4 is 0 Å². The second-order valence-electron chi connectivity index (χ2n) is 14.6. The largest absolute Gasteiger partial charge is 0.361 e. The van der Waals surface area contributed by atoms with Crippen LogP contribution in [0.1, 0.15) is 68.2 Å². The van der Waals surface area contributed by atoms with Gasteiger partial charge in [0.2, 0.25) is 0 Å². The van der Waals surface area contributed by atoms with E-state index in [0.29, 0.717) is 25.3 Å². The van der Waals surface area contributed by atoms with Crippen LogP contribution in [0.25, 0.3) is 0 Å². The van der Waals surface area contributed by atoms with Crippen LogP contribution >= 0.6 is 47.8 Å². The minimum atomic E-state index is -0.973. The van der Waals surface area contributed by atoms with Gasteiger partial charge in [0.05, 0.1) is 29.7 Å². The molecule has 7 nitrogen and oxygen atoms in total. The first kappa shape index (κ1) is 35.5. The molecule has 4 aliphatic rings. The summed E-state index contributed by atoms with van der Waals surface area (Å²) in [7, 11) is -1.95. The number of halogens is 3. The summed E-state index contributed by atoms with van der Waals surface area (Å²) in [5.41, 5.74) is 3.84. The number of rotatable bonds is 13. The van der Waals surface area contributed by atoms with Gasteiger partial charge in [0.1, 0.15) is 22.7 Å². The summed E-state index contributed by atoms with van der Waals surface area (Å²) >= 11 is 10.6. The van der Waals surface area contributed by atoms with E-state index in [4.69, 9.17) is 9.47 Å². The van der Waals surface area contributed by atoms with Crippen molar-refractivity contribution in [3.63, 3.8) is 0 Å². The maximum atomic E-state index is 5.76. The molecule has 3 fully saturated rings. The Kier molecular flexibility index (Phi) is 13.2. The van der Waals surface area contributed by atoms with Gasteiger partial charge < -0.3 is 18.6 Å². The third-order valence-electron chi connectivity index (χ3n) is 7.76. The number of aliphatic imine (C=N–C) groups is 1. The molecule has 240 valence electrons. The number of allylic oxidation sites excluding steroid dienone is 2. The van der Waals surface area contributed by atoms with Gasteiger partial charge in [-0.15, -0.1) is 0 Å². The van der Waals surface area contributed by atoms with Crippen molar-refractivity contribution in [1.82, 2.24) is 19.1 Å². The van der Waals surface area contributed by atoms with Crippen molar-refractivity contribution in [3.05, 3.63) is 43.4 Å². The predicted molar refractivity (Wildman–Crippen MR) is 194 cm³/mol. The van der Waals surface area contributed by atoms with Crippen molar-refractivity contribution in [2.45, 2.75) is 122 Å². The lowest BCUT2D eigenvalue weighted by Gasteiger charge is -2.16. The molecule has 3 heterocycles. The van der Waals surface area contributed by atoms with Gasteiger partial charge in [0, 0.05) is 64.2 Å². The fourth-order valence-corrected chi connectivity index (χ4v) is 7.85. The number of imidazole rings is 2. The Balaban J connectivity index is 0.000000154. The van der Waals surface area contributed by atoms with Crippen LogP contribution in [0.3, 0.4) is 0 Å². The summed E-state index contributed by atoms with van der Waals surface area (Å²) < 4.78 is 19.1. The molecule has 0 saturated heterocycles. The normalized spacial score (nSPS) is 18.4. The van der Waals surface area contributed by atoms with Gasteiger partial charge in [-0.1, -0.05) is 55.2 Å². The van der Waals surface area contributed by atoms with Crippen LogP contribution in [-0.4, -0.2) is 54.7 Å². The van der Waals surface area contributed by atoms with E-state index in [1.807, 2.05) is 18.9 Å². The molecule has 6 rings (SSSR count). The molecule has 0 unspecified atom stereocenters. The van der Waals surface area contributed by atoms with E-state index in [-0.39, 0.29) is 0 Å². The van der Waals surface area contributed by atoms with Crippen LogP contribution in [0.5, 0.6) is 0 Å². The Hall–Kier alpha value is -0.376. The monoisotopic (exact) mass is 817 g/mol. The first-order valence-electron chi connectivity index (χ1n) is 15.8. The zero-order chi connectivity index (χ0) is 31.2. The summed E-state index contributed by atoms with van der Waals surface area (Å²) in [5.74, 6) is 2.19. The highest BCUT2D eigenvalue weighted by molar-refractivity contribution is 9.11. The SMILES string of the molecule is BrC1=C(C2CC2)N=CC1.C[Si](C)(C)CCOCn1cnc(Br)c1C1CC1.C[Si](C)(C)CCOCn1cnc(C2CC2)c1Br. The van der Waals surface area contributed by atoms with Crippen molar-refractivity contribution >= 4 is 70.2 Å². The predicted octanol–water partition coefficient (Wildman–Crippen LogP) is 10.1. The molecule has 0 N–H and O–H groups in total. The van der Waals surface area contributed by atoms with E-state index in [2.05, 4.69) is 111 Å². The smallest absolute Gasteiger partial charge is 0.127 e. The minimum Gasteiger partial charge on any atom is -0.361 e. The van der Waals surface area contributed by atoms with E-state index in [1.54, 1.807) is 0 Å². The quantitative estimate of drug-likeness (QED) is 0.149. The Morgan fingerprint density at radius 2 is 1.28 bits per heavy atom. The highest BCUT2D eigenvalue weighted by atomic mass is 79.9. The second kappa shape index (κ2) is 16.0. The molecular formula is C31H50Br3N5O2Si2. The summed E-state index contributed by atoms with van der Waals surface area (Å²) in [6, 6.07) is 2.44. The molecule has 2 aromatic rings. The molecule has 0 radical (unpaired) electrons. The third kappa shape index (κ3) is 12.4. The fourth-order valence-electron chi connectivity index (χ4n) is 4.50. The summed E-state index contributed by atoms with van der Waals surface area (Å²) in [5, 5.41) is 0. The van der Waals surface area contributed by atoms with Crippen molar-refractivity contribution in [2.24, 2.45) is 10.9 Å². The van der Waals surface area contributed by atoms with E-state index >= 15 is 0 Å². The van der Waals surface area contributed by atoms with Crippen molar-refractivity contribution in [2.75, 3.05) is 13.2 Å². The molecule has 0 spiro atoms. The first-order chi connectivity index (χ1) is 20.3. The number of aromatic nitrogens is 4. The third-order valence-corrected chi connectivity index (χ3v) is 13.4. The summed E-state index contributed by atoms with van der Waals surface area (Å²) in [6.45, 7) is 17.2. The lowest BCUT2D eigenvalue weighted by Crippen LogP contribution is -2.22. The molecule has 1 aliphatic heterocycles. The van der Waals surface area contributed by atoms with E-state index in [1.165, 1.54) is 72.2 Å². The lowest BCUT2D eigenvalue weighted by atomic mass is 10.3. The van der Waals surface area contributed by atoms with Crippen LogP contribution in [0, 0.1) is 5.92 Å². The minimum absolute atomic E-state index is 0.616. The van der Waals surface area contributed by atoms with E-state index < -0.39 is 16.1 Å². The number of hydrogen-bond acceptors (Lipinski definition) is 5. The van der Waals surface area contributed by atoms with Crippen LogP contribution in [0.15, 0.2) is 37.0 Å². The summed E-state index contributed by atoms with van der Waals surface area (Å²) in [4.78, 5) is 13.1. The summed E-state index contributed by atoms with van der Waals surface area (Å²) in [6.07, 6.45) is 14.6. The lowest BCUT2D eigenvalue weighted by molar-refractivity contribution is 0.0852. The van der Waals surface area contributed by atoms with Crippen molar-refractivity contribution < 1.29 is 9.47 Å². The van der Waals surface area contributed by atoms with Gasteiger partial charge in [-0.3, -0.25) is 4.99 Å². The van der Waals surface area contributed by atoms with Crippen LogP contribution in [0.2, 0.25) is 51.4 Å². The molecular weight excluding hydrogens is 770 g/mol. The molecule has 12 heteroatoms. The van der Waals surface area contributed by atoms with Crippen molar-refractivity contribution in [1.29, 1.82) is 0 Å². The molecule has 2 aromatic heterocycles. The van der Waals surface area contributed by atoms with Gasteiger partial charge >= 0.3 is 0 Å². The standard InChI is InChI=1S/2C12H21BrN2OSi.C7H8BrN/c1-17(2,3)7-6-16-9-15-8-14-12(13)11(15)10-4-5-10;1-17(2,3)7-6-16-9-15-8-14-11(12(15)13)10-4-5-10;8-6-3-4-9-7(6)5-1-2-5/h2*8,10H,4-7,9H2,1-3H3;4-5H,1-3H2. The molecule has 0 bridgehead atoms. The van der Waals surface area contributed by atoms with Crippen LogP contribution in [-0.2, 0) is 22.9 Å².